The van der Waals surface area contributed by atoms with Crippen LogP contribution in [-0.2, 0) is 4.79 Å². The number of amides is 1. The Balaban J connectivity index is 1.26. The lowest BCUT2D eigenvalue weighted by molar-refractivity contribution is -0.113. The average Bonchev–Trinajstić information content (AvgIpc) is 3.39. The van der Waals surface area contributed by atoms with Crippen LogP contribution in [0.5, 0.6) is 0 Å². The van der Waals surface area contributed by atoms with E-state index in [0.717, 1.165) is 18.8 Å². The number of carbonyl (C=O) groups is 1. The zero-order valence-electron chi connectivity index (χ0n) is 15.6. The van der Waals surface area contributed by atoms with E-state index in [0.29, 0.717) is 15.2 Å². The van der Waals surface area contributed by atoms with Crippen LogP contribution < -0.4 is 15.5 Å². The zero-order valence-corrected chi connectivity index (χ0v) is 17.2. The highest BCUT2D eigenvalue weighted by molar-refractivity contribution is 8.01. The number of halogens is 1. The van der Waals surface area contributed by atoms with E-state index in [1.165, 1.54) is 53.8 Å². The van der Waals surface area contributed by atoms with Crippen LogP contribution in [0, 0.1) is 5.82 Å². The molecule has 150 valence electrons. The second-order valence-electron chi connectivity index (χ2n) is 6.59. The molecule has 1 aromatic heterocycles. The predicted molar refractivity (Wildman–Crippen MR) is 117 cm³/mol. The molecule has 29 heavy (non-hydrogen) atoms. The van der Waals surface area contributed by atoms with Crippen molar-refractivity contribution < 1.29 is 9.18 Å². The molecule has 0 unspecified atom stereocenters. The molecule has 1 fully saturated rings. The molecule has 0 aliphatic carbocycles. The van der Waals surface area contributed by atoms with E-state index >= 15 is 0 Å². The Morgan fingerprint density at radius 2 is 1.90 bits per heavy atom. The molecule has 0 atom stereocenters. The summed E-state index contributed by atoms with van der Waals surface area (Å²) in [6, 6.07) is 14.1. The highest BCUT2D eigenvalue weighted by atomic mass is 32.2. The smallest absolute Gasteiger partial charge is 0.234 e. The van der Waals surface area contributed by atoms with Gasteiger partial charge in [-0.25, -0.2) is 4.39 Å². The summed E-state index contributed by atoms with van der Waals surface area (Å²) in [5.41, 5.74) is 2.58. The number of hydrogen-bond acceptors (Lipinski definition) is 7. The third-order valence-electron chi connectivity index (χ3n) is 4.43. The van der Waals surface area contributed by atoms with Gasteiger partial charge in [-0.15, -0.1) is 10.2 Å². The summed E-state index contributed by atoms with van der Waals surface area (Å²) in [5.74, 6) is -0.180. The Kier molecular flexibility index (Phi) is 6.26. The average molecular weight is 430 g/mol. The first kappa shape index (κ1) is 19.7. The number of aromatic nitrogens is 2. The molecule has 0 radical (unpaired) electrons. The van der Waals surface area contributed by atoms with Crippen LogP contribution in [0.15, 0.2) is 52.9 Å². The monoisotopic (exact) mass is 429 g/mol. The maximum absolute atomic E-state index is 13.2. The highest BCUT2D eigenvalue weighted by Gasteiger charge is 2.13. The number of rotatable bonds is 7. The van der Waals surface area contributed by atoms with Gasteiger partial charge in [0.2, 0.25) is 11.0 Å². The number of nitrogens with one attached hydrogen (secondary N) is 2. The van der Waals surface area contributed by atoms with E-state index in [1.54, 1.807) is 12.1 Å². The third kappa shape index (κ3) is 5.45. The number of anilines is 4. The van der Waals surface area contributed by atoms with Gasteiger partial charge in [-0.05, 0) is 55.3 Å². The van der Waals surface area contributed by atoms with Crippen LogP contribution in [0.2, 0.25) is 0 Å². The Labute approximate surface area is 176 Å². The van der Waals surface area contributed by atoms with Gasteiger partial charge in [-0.2, -0.15) is 0 Å². The first-order chi connectivity index (χ1) is 14.2. The molecule has 1 saturated heterocycles. The van der Waals surface area contributed by atoms with E-state index in [4.69, 9.17) is 0 Å². The second-order valence-corrected chi connectivity index (χ2v) is 8.79. The number of nitrogens with zero attached hydrogens (tertiary/aromatic N) is 3. The van der Waals surface area contributed by atoms with Crippen LogP contribution >= 0.6 is 23.1 Å². The van der Waals surface area contributed by atoms with Crippen molar-refractivity contribution in [3.05, 3.63) is 54.3 Å². The molecule has 6 nitrogen and oxygen atoms in total. The summed E-state index contributed by atoms with van der Waals surface area (Å²) in [4.78, 5) is 14.6. The van der Waals surface area contributed by atoms with Crippen molar-refractivity contribution in [3.63, 3.8) is 0 Å². The zero-order chi connectivity index (χ0) is 20.1. The summed E-state index contributed by atoms with van der Waals surface area (Å²) < 4.78 is 13.9. The number of hydrogen-bond donors (Lipinski definition) is 2. The van der Waals surface area contributed by atoms with Crippen molar-refractivity contribution in [2.24, 2.45) is 0 Å². The molecule has 2 aromatic carbocycles. The molecule has 0 spiro atoms. The lowest BCUT2D eigenvalue weighted by atomic mass is 10.2. The Morgan fingerprint density at radius 3 is 2.66 bits per heavy atom. The number of thioether (sulfide) groups is 1. The summed E-state index contributed by atoms with van der Waals surface area (Å²) in [7, 11) is 0. The summed E-state index contributed by atoms with van der Waals surface area (Å²) >= 11 is 2.64. The molecule has 2 heterocycles. The van der Waals surface area contributed by atoms with Crippen LogP contribution in [0.1, 0.15) is 12.8 Å². The minimum absolute atomic E-state index is 0.0984. The quantitative estimate of drug-likeness (QED) is 0.528. The summed E-state index contributed by atoms with van der Waals surface area (Å²) in [5, 5.41) is 14.6. The number of carbonyl (C=O) groups excluding carboxylic acids is 1. The normalized spacial score (nSPS) is 13.5. The van der Waals surface area contributed by atoms with Gasteiger partial charge in [-0.3, -0.25) is 4.79 Å². The lowest BCUT2D eigenvalue weighted by Gasteiger charge is -2.17. The summed E-state index contributed by atoms with van der Waals surface area (Å²) in [6.07, 6.45) is 2.47. The van der Waals surface area contributed by atoms with Gasteiger partial charge in [0.05, 0.1) is 5.75 Å². The van der Waals surface area contributed by atoms with Crippen molar-refractivity contribution in [1.82, 2.24) is 10.2 Å². The van der Waals surface area contributed by atoms with Crippen molar-refractivity contribution in [2.75, 3.05) is 34.4 Å². The van der Waals surface area contributed by atoms with Crippen molar-refractivity contribution in [3.8, 4) is 0 Å². The van der Waals surface area contributed by atoms with Crippen LogP contribution in [0.4, 0.5) is 26.6 Å². The molecule has 0 bridgehead atoms. The minimum Gasteiger partial charge on any atom is -0.372 e. The van der Waals surface area contributed by atoms with Gasteiger partial charge in [0.1, 0.15) is 5.82 Å². The van der Waals surface area contributed by atoms with Gasteiger partial charge in [0, 0.05) is 30.2 Å². The van der Waals surface area contributed by atoms with Gasteiger partial charge < -0.3 is 15.5 Å². The van der Waals surface area contributed by atoms with Crippen LogP contribution in [0.3, 0.4) is 0 Å². The molecule has 9 heteroatoms. The van der Waals surface area contributed by atoms with Crippen LogP contribution in [-0.4, -0.2) is 34.9 Å². The van der Waals surface area contributed by atoms with E-state index in [-0.39, 0.29) is 17.5 Å². The largest absolute Gasteiger partial charge is 0.372 e. The summed E-state index contributed by atoms with van der Waals surface area (Å²) in [6.45, 7) is 2.19. The van der Waals surface area contributed by atoms with E-state index in [1.807, 2.05) is 24.3 Å². The predicted octanol–water partition coefficient (Wildman–Crippen LogP) is 4.75. The van der Waals surface area contributed by atoms with Crippen LogP contribution in [0.25, 0.3) is 0 Å². The van der Waals surface area contributed by atoms with Gasteiger partial charge in [0.25, 0.3) is 0 Å². The van der Waals surface area contributed by atoms with Gasteiger partial charge in [0.15, 0.2) is 4.34 Å². The first-order valence-electron chi connectivity index (χ1n) is 9.29. The van der Waals surface area contributed by atoms with Crippen molar-refractivity contribution >= 4 is 51.2 Å². The highest BCUT2D eigenvalue weighted by Crippen LogP contribution is 2.28. The maximum atomic E-state index is 13.2. The topological polar surface area (TPSA) is 70.1 Å². The third-order valence-corrected chi connectivity index (χ3v) is 6.40. The lowest BCUT2D eigenvalue weighted by Crippen LogP contribution is -2.18. The molecule has 1 aliphatic heterocycles. The fourth-order valence-corrected chi connectivity index (χ4v) is 4.64. The first-order valence-corrected chi connectivity index (χ1v) is 11.1. The van der Waals surface area contributed by atoms with E-state index in [2.05, 4.69) is 25.7 Å². The van der Waals surface area contributed by atoms with E-state index < -0.39 is 0 Å². The Morgan fingerprint density at radius 1 is 1.10 bits per heavy atom. The standard InChI is InChI=1S/C20H20FN5OS2/c21-14-4-3-5-16(12-14)23-19-24-25-20(29-19)28-13-18(27)22-15-6-8-17(9-7-15)26-10-1-2-11-26/h3-9,12H,1-2,10-11,13H2,(H,22,27)(H,23,24). The minimum atomic E-state index is -0.320. The fraction of sp³-hybridized carbons (Fsp3) is 0.250. The molecular formula is C20H20FN5OS2. The van der Waals surface area contributed by atoms with Gasteiger partial charge >= 0.3 is 0 Å². The molecule has 0 saturated carbocycles. The van der Waals surface area contributed by atoms with Crippen molar-refractivity contribution in [1.29, 1.82) is 0 Å². The fourth-order valence-electron chi connectivity index (χ4n) is 3.06. The molecular weight excluding hydrogens is 409 g/mol. The Bertz CT molecular complexity index is 973. The number of benzene rings is 2. The molecule has 1 amide bonds. The second kappa shape index (κ2) is 9.23. The SMILES string of the molecule is O=C(CSc1nnc(Nc2cccc(F)c2)s1)Nc1ccc(N2CCCC2)cc1. The van der Waals surface area contributed by atoms with E-state index in [9.17, 15) is 9.18 Å². The van der Waals surface area contributed by atoms with Gasteiger partial charge in [-0.1, -0.05) is 29.2 Å². The molecule has 3 aromatic rings. The molecule has 2 N–H and O–H groups in total. The maximum Gasteiger partial charge on any atom is 0.234 e. The molecule has 1 aliphatic rings. The molecule has 4 rings (SSSR count). The van der Waals surface area contributed by atoms with Crippen molar-refractivity contribution in [2.45, 2.75) is 17.2 Å². The Hall–Kier alpha value is -2.65.